The molecule has 1 aromatic carbocycles. The van der Waals surface area contributed by atoms with Crippen molar-refractivity contribution >= 4 is 16.5 Å². The first-order valence-corrected chi connectivity index (χ1v) is 7.47. The van der Waals surface area contributed by atoms with Crippen molar-refractivity contribution < 1.29 is 0 Å². The van der Waals surface area contributed by atoms with Gasteiger partial charge in [0.2, 0.25) is 0 Å². The van der Waals surface area contributed by atoms with Crippen LogP contribution in [0.1, 0.15) is 27.2 Å². The van der Waals surface area contributed by atoms with E-state index in [1.165, 1.54) is 16.5 Å². The summed E-state index contributed by atoms with van der Waals surface area (Å²) in [4.78, 5) is 6.84. The minimum absolute atomic E-state index is 0.191. The number of benzene rings is 1. The Morgan fingerprint density at radius 3 is 3.05 bits per heavy atom. The molecule has 0 bridgehead atoms. The smallest absolute Gasteiger partial charge is 0.0465 e. The number of hydrogen-bond donors (Lipinski definition) is 1. The summed E-state index contributed by atoms with van der Waals surface area (Å²) >= 11 is 0. The van der Waals surface area contributed by atoms with Crippen molar-refractivity contribution in [2.45, 2.75) is 38.8 Å². The fraction of sp³-hybridized carbons (Fsp3) is 0.471. The Morgan fingerprint density at radius 1 is 1.40 bits per heavy atom. The minimum Gasteiger partial charge on any atom is -0.365 e. The number of anilines is 1. The van der Waals surface area contributed by atoms with Crippen LogP contribution in [0.5, 0.6) is 0 Å². The first-order chi connectivity index (χ1) is 9.63. The highest BCUT2D eigenvalue weighted by atomic mass is 15.3. The first kappa shape index (κ1) is 13.4. The van der Waals surface area contributed by atoms with E-state index in [9.17, 15) is 0 Å². The summed E-state index contributed by atoms with van der Waals surface area (Å²) < 4.78 is 0. The Labute approximate surface area is 121 Å². The summed E-state index contributed by atoms with van der Waals surface area (Å²) in [5.41, 5.74) is 1.50. The van der Waals surface area contributed by atoms with Gasteiger partial charge in [-0.15, -0.1) is 0 Å². The topological polar surface area (TPSA) is 28.2 Å². The van der Waals surface area contributed by atoms with Crippen LogP contribution in [0.25, 0.3) is 10.8 Å². The Kier molecular flexibility index (Phi) is 3.38. The minimum atomic E-state index is 0.191. The molecule has 0 radical (unpaired) electrons. The molecule has 0 amide bonds. The van der Waals surface area contributed by atoms with Crippen LogP contribution in [-0.2, 0) is 0 Å². The third kappa shape index (κ3) is 2.27. The fourth-order valence-corrected chi connectivity index (χ4v) is 3.00. The number of aromatic nitrogens is 1. The molecule has 1 fully saturated rings. The molecule has 3 nitrogen and oxygen atoms in total. The second kappa shape index (κ2) is 5.06. The molecule has 3 heteroatoms. The van der Waals surface area contributed by atoms with E-state index in [1.54, 1.807) is 0 Å². The lowest BCUT2D eigenvalue weighted by Gasteiger charge is -2.46. The molecule has 1 aromatic heterocycles. The third-order valence-electron chi connectivity index (χ3n) is 4.63. The molecular formula is C17H23N3. The molecule has 3 rings (SSSR count). The highest BCUT2D eigenvalue weighted by molar-refractivity contribution is 5.93. The summed E-state index contributed by atoms with van der Waals surface area (Å²) in [6.07, 6.45) is 4.99. The van der Waals surface area contributed by atoms with Crippen molar-refractivity contribution in [1.29, 1.82) is 0 Å². The van der Waals surface area contributed by atoms with Crippen LogP contribution in [0.3, 0.4) is 0 Å². The van der Waals surface area contributed by atoms with Gasteiger partial charge in [0, 0.05) is 48.1 Å². The van der Waals surface area contributed by atoms with Gasteiger partial charge in [0.25, 0.3) is 0 Å². The van der Waals surface area contributed by atoms with Crippen molar-refractivity contribution in [3.05, 3.63) is 36.7 Å². The van der Waals surface area contributed by atoms with E-state index in [1.807, 2.05) is 12.4 Å². The van der Waals surface area contributed by atoms with Gasteiger partial charge >= 0.3 is 0 Å². The molecule has 0 aliphatic carbocycles. The molecule has 0 spiro atoms. The Morgan fingerprint density at radius 2 is 2.25 bits per heavy atom. The summed E-state index contributed by atoms with van der Waals surface area (Å²) in [5, 5.41) is 6.20. The van der Waals surface area contributed by atoms with E-state index < -0.39 is 0 Å². The van der Waals surface area contributed by atoms with Crippen LogP contribution >= 0.6 is 0 Å². The molecule has 1 aliphatic rings. The number of fused-ring (bicyclic) bond motifs is 1. The number of nitrogens with one attached hydrogen (secondary N) is 1. The van der Waals surface area contributed by atoms with Crippen molar-refractivity contribution in [2.24, 2.45) is 0 Å². The molecule has 2 heterocycles. The lowest BCUT2D eigenvalue weighted by Crippen LogP contribution is -2.62. The van der Waals surface area contributed by atoms with E-state index >= 15 is 0 Å². The third-order valence-corrected chi connectivity index (χ3v) is 4.63. The highest BCUT2D eigenvalue weighted by Gasteiger charge is 2.33. The van der Waals surface area contributed by atoms with E-state index in [4.69, 9.17) is 0 Å². The number of nitrogens with zero attached hydrogens (tertiary/aromatic N) is 2. The predicted molar refractivity (Wildman–Crippen MR) is 85.2 cm³/mol. The van der Waals surface area contributed by atoms with Crippen LogP contribution in [-0.4, -0.2) is 29.7 Å². The lowest BCUT2D eigenvalue weighted by atomic mass is 9.93. The van der Waals surface area contributed by atoms with Crippen LogP contribution < -0.4 is 10.2 Å². The molecular weight excluding hydrogens is 246 g/mol. The standard InChI is InChI=1S/C17H23N3/c1-4-17(3)12-20(13(2)10-19-17)16-7-5-6-14-8-9-18-11-15(14)16/h5-9,11,13,19H,4,10,12H2,1-3H3. The number of pyridine rings is 1. The van der Waals surface area contributed by atoms with Gasteiger partial charge in [0.1, 0.15) is 0 Å². The molecule has 1 N–H and O–H groups in total. The van der Waals surface area contributed by atoms with Gasteiger partial charge < -0.3 is 10.2 Å². The van der Waals surface area contributed by atoms with Gasteiger partial charge in [-0.1, -0.05) is 19.1 Å². The number of hydrogen-bond acceptors (Lipinski definition) is 3. The van der Waals surface area contributed by atoms with Crippen LogP contribution in [0, 0.1) is 0 Å². The van der Waals surface area contributed by atoms with Gasteiger partial charge in [0.05, 0.1) is 0 Å². The zero-order valence-corrected chi connectivity index (χ0v) is 12.6. The molecule has 106 valence electrons. The van der Waals surface area contributed by atoms with Crippen molar-refractivity contribution in [1.82, 2.24) is 10.3 Å². The molecule has 1 saturated heterocycles. The number of piperazine rings is 1. The van der Waals surface area contributed by atoms with E-state index in [-0.39, 0.29) is 5.54 Å². The van der Waals surface area contributed by atoms with Crippen molar-refractivity contribution in [2.75, 3.05) is 18.0 Å². The van der Waals surface area contributed by atoms with Crippen LogP contribution in [0.15, 0.2) is 36.7 Å². The molecule has 2 aromatic rings. The molecule has 1 aliphatic heterocycles. The highest BCUT2D eigenvalue weighted by Crippen LogP contribution is 2.31. The SMILES string of the molecule is CCC1(C)CN(c2cccc3ccncc23)C(C)CN1. The van der Waals surface area contributed by atoms with E-state index in [0.29, 0.717) is 6.04 Å². The average Bonchev–Trinajstić information content (AvgIpc) is 2.49. The van der Waals surface area contributed by atoms with Crippen molar-refractivity contribution in [3.63, 3.8) is 0 Å². The zero-order chi connectivity index (χ0) is 14.2. The maximum atomic E-state index is 4.31. The molecule has 0 saturated carbocycles. The second-order valence-electron chi connectivity index (χ2n) is 6.15. The van der Waals surface area contributed by atoms with Crippen molar-refractivity contribution in [3.8, 4) is 0 Å². The fourth-order valence-electron chi connectivity index (χ4n) is 3.00. The lowest BCUT2D eigenvalue weighted by molar-refractivity contribution is 0.286. The summed E-state index contributed by atoms with van der Waals surface area (Å²) in [5.74, 6) is 0. The molecule has 2 atom stereocenters. The second-order valence-corrected chi connectivity index (χ2v) is 6.15. The van der Waals surface area contributed by atoms with Gasteiger partial charge in [-0.2, -0.15) is 0 Å². The summed E-state index contributed by atoms with van der Waals surface area (Å²) in [7, 11) is 0. The summed E-state index contributed by atoms with van der Waals surface area (Å²) in [6.45, 7) is 8.93. The number of rotatable bonds is 2. The van der Waals surface area contributed by atoms with Gasteiger partial charge in [-0.05, 0) is 37.8 Å². The molecule has 20 heavy (non-hydrogen) atoms. The van der Waals surface area contributed by atoms with E-state index in [2.05, 4.69) is 60.2 Å². The summed E-state index contributed by atoms with van der Waals surface area (Å²) in [6, 6.07) is 9.12. The van der Waals surface area contributed by atoms with Crippen LogP contribution in [0.4, 0.5) is 5.69 Å². The Bertz CT molecular complexity index is 605. The van der Waals surface area contributed by atoms with Gasteiger partial charge in [-0.25, -0.2) is 0 Å². The van der Waals surface area contributed by atoms with E-state index in [0.717, 1.165) is 19.5 Å². The quantitative estimate of drug-likeness (QED) is 0.907. The molecule has 2 unspecified atom stereocenters. The monoisotopic (exact) mass is 269 g/mol. The maximum absolute atomic E-state index is 4.31. The maximum Gasteiger partial charge on any atom is 0.0465 e. The Balaban J connectivity index is 2.05. The largest absolute Gasteiger partial charge is 0.365 e. The first-order valence-electron chi connectivity index (χ1n) is 7.47. The average molecular weight is 269 g/mol. The van der Waals surface area contributed by atoms with Gasteiger partial charge in [-0.3, -0.25) is 4.98 Å². The predicted octanol–water partition coefficient (Wildman–Crippen LogP) is 3.20. The van der Waals surface area contributed by atoms with Crippen LogP contribution in [0.2, 0.25) is 0 Å². The Hall–Kier alpha value is -1.61. The zero-order valence-electron chi connectivity index (χ0n) is 12.6. The normalized spacial score (nSPS) is 26.9. The van der Waals surface area contributed by atoms with Gasteiger partial charge in [0.15, 0.2) is 0 Å².